The number of hydrogen-bond donors (Lipinski definition) is 3. The van der Waals surface area contributed by atoms with E-state index in [2.05, 4.69) is 5.32 Å². The number of benzene rings is 1. The van der Waals surface area contributed by atoms with Gasteiger partial charge in [0.05, 0.1) is 6.54 Å². The van der Waals surface area contributed by atoms with Gasteiger partial charge in [-0.2, -0.15) is 0 Å². The lowest BCUT2D eigenvalue weighted by Crippen LogP contribution is -2.36. The van der Waals surface area contributed by atoms with Gasteiger partial charge in [0.15, 0.2) is 0 Å². The Morgan fingerprint density at radius 3 is 2.71 bits per heavy atom. The highest BCUT2D eigenvalue weighted by Gasteiger charge is 2.34. The van der Waals surface area contributed by atoms with Gasteiger partial charge in [-0.15, -0.1) is 0 Å². The van der Waals surface area contributed by atoms with Gasteiger partial charge in [-0.25, -0.2) is 0 Å². The maximum Gasteiger partial charge on any atom is 0.451 e. The number of carbonyl (C=O) groups is 2. The first-order chi connectivity index (χ1) is 11.6. The number of rotatable bonds is 9. The van der Waals surface area contributed by atoms with E-state index in [1.807, 2.05) is 30.3 Å². The van der Waals surface area contributed by atoms with Gasteiger partial charge in [0.2, 0.25) is 5.91 Å². The average Bonchev–Trinajstić information content (AvgIpc) is 2.99. The summed E-state index contributed by atoms with van der Waals surface area (Å²) >= 11 is 0. The zero-order valence-electron chi connectivity index (χ0n) is 13.8. The molecule has 1 saturated heterocycles. The molecule has 1 aliphatic rings. The van der Waals surface area contributed by atoms with Gasteiger partial charge in [0, 0.05) is 25.6 Å². The molecule has 2 unspecified atom stereocenters. The standard InChI is InChI=1S/C17H25BN2O4/c21-13-16-12-20(11-15(16)7-4-8-18(23)24)17(22)10-19-9-14-5-2-1-3-6-14/h1-3,5-6,13,15-16,19,23-24H,4,7-12H2. The zero-order valence-corrected chi connectivity index (χ0v) is 13.8. The van der Waals surface area contributed by atoms with Crippen LogP contribution >= 0.6 is 0 Å². The molecule has 1 aromatic rings. The Morgan fingerprint density at radius 1 is 1.29 bits per heavy atom. The van der Waals surface area contributed by atoms with Crippen LogP contribution in [0, 0.1) is 11.8 Å². The summed E-state index contributed by atoms with van der Waals surface area (Å²) in [5, 5.41) is 20.9. The van der Waals surface area contributed by atoms with Crippen LogP contribution in [-0.4, -0.2) is 53.9 Å². The summed E-state index contributed by atoms with van der Waals surface area (Å²) < 4.78 is 0. The van der Waals surface area contributed by atoms with Gasteiger partial charge >= 0.3 is 7.12 Å². The van der Waals surface area contributed by atoms with E-state index < -0.39 is 7.12 Å². The largest absolute Gasteiger partial charge is 0.451 e. The number of hydrogen-bond acceptors (Lipinski definition) is 5. The van der Waals surface area contributed by atoms with Crippen molar-refractivity contribution < 1.29 is 19.6 Å². The van der Waals surface area contributed by atoms with Crippen LogP contribution in [0.5, 0.6) is 0 Å². The van der Waals surface area contributed by atoms with E-state index in [1.165, 1.54) is 0 Å². The van der Waals surface area contributed by atoms with Crippen molar-refractivity contribution in [3.05, 3.63) is 35.9 Å². The third-order valence-corrected chi connectivity index (χ3v) is 4.50. The zero-order chi connectivity index (χ0) is 17.4. The van der Waals surface area contributed by atoms with Crippen LogP contribution in [0.2, 0.25) is 6.32 Å². The van der Waals surface area contributed by atoms with Crippen molar-refractivity contribution in [2.45, 2.75) is 25.7 Å². The fraction of sp³-hybridized carbons (Fsp3) is 0.529. The maximum absolute atomic E-state index is 12.3. The van der Waals surface area contributed by atoms with Crippen molar-refractivity contribution in [2.24, 2.45) is 11.8 Å². The first-order valence-electron chi connectivity index (χ1n) is 8.44. The smallest absolute Gasteiger partial charge is 0.427 e. The van der Waals surface area contributed by atoms with Crippen molar-refractivity contribution in [1.29, 1.82) is 0 Å². The number of amides is 1. The van der Waals surface area contributed by atoms with Crippen LogP contribution in [0.4, 0.5) is 0 Å². The van der Waals surface area contributed by atoms with Crippen LogP contribution in [-0.2, 0) is 16.1 Å². The van der Waals surface area contributed by atoms with Crippen LogP contribution in [0.25, 0.3) is 0 Å². The van der Waals surface area contributed by atoms with Crippen LogP contribution in [0.1, 0.15) is 18.4 Å². The second kappa shape index (κ2) is 9.56. The molecule has 0 radical (unpaired) electrons. The van der Waals surface area contributed by atoms with E-state index in [1.54, 1.807) is 4.90 Å². The molecule has 6 nitrogen and oxygen atoms in total. The lowest BCUT2D eigenvalue weighted by atomic mass is 9.81. The van der Waals surface area contributed by atoms with Crippen molar-refractivity contribution in [3.63, 3.8) is 0 Å². The number of aldehydes is 1. The Morgan fingerprint density at radius 2 is 2.04 bits per heavy atom. The number of carbonyl (C=O) groups excluding carboxylic acids is 2. The van der Waals surface area contributed by atoms with E-state index >= 15 is 0 Å². The molecule has 24 heavy (non-hydrogen) atoms. The van der Waals surface area contributed by atoms with Gasteiger partial charge in [0.1, 0.15) is 6.29 Å². The average molecular weight is 332 g/mol. The summed E-state index contributed by atoms with van der Waals surface area (Å²) in [5.74, 6) is -0.0410. The highest BCUT2D eigenvalue weighted by molar-refractivity contribution is 6.40. The Bertz CT molecular complexity index is 527. The Kier molecular flexibility index (Phi) is 7.43. The molecule has 1 aromatic carbocycles. The van der Waals surface area contributed by atoms with Crippen LogP contribution < -0.4 is 5.32 Å². The van der Waals surface area contributed by atoms with Gasteiger partial charge < -0.3 is 25.1 Å². The molecular formula is C17H25BN2O4. The molecule has 0 bridgehead atoms. The van der Waals surface area contributed by atoms with Gasteiger partial charge in [-0.3, -0.25) is 4.79 Å². The predicted octanol–water partition coefficient (Wildman–Crippen LogP) is 0.303. The maximum atomic E-state index is 12.3. The highest BCUT2D eigenvalue weighted by Crippen LogP contribution is 2.26. The van der Waals surface area contributed by atoms with E-state index in [0.717, 1.165) is 18.3 Å². The summed E-state index contributed by atoms with van der Waals surface area (Å²) in [7, 11) is -1.30. The number of nitrogens with zero attached hydrogens (tertiary/aromatic N) is 1. The molecule has 0 aromatic heterocycles. The number of likely N-dealkylation sites (tertiary alicyclic amines) is 1. The fourth-order valence-electron chi connectivity index (χ4n) is 3.14. The molecule has 2 rings (SSSR count). The Labute approximate surface area is 143 Å². The molecule has 2 atom stereocenters. The third-order valence-electron chi connectivity index (χ3n) is 4.50. The van der Waals surface area contributed by atoms with Gasteiger partial charge in [0.25, 0.3) is 0 Å². The summed E-state index contributed by atoms with van der Waals surface area (Å²) in [6.07, 6.45) is 2.59. The predicted molar refractivity (Wildman–Crippen MR) is 92.0 cm³/mol. The molecule has 7 heteroatoms. The van der Waals surface area contributed by atoms with Crippen molar-refractivity contribution in [1.82, 2.24) is 10.2 Å². The molecular weight excluding hydrogens is 307 g/mol. The molecule has 3 N–H and O–H groups in total. The topological polar surface area (TPSA) is 89.9 Å². The van der Waals surface area contributed by atoms with E-state index in [0.29, 0.717) is 32.4 Å². The Balaban J connectivity index is 1.74. The molecule has 1 amide bonds. The normalized spacial score (nSPS) is 20.2. The summed E-state index contributed by atoms with van der Waals surface area (Å²) in [5.41, 5.74) is 1.12. The minimum atomic E-state index is -1.30. The lowest BCUT2D eigenvalue weighted by Gasteiger charge is -2.17. The third kappa shape index (κ3) is 5.74. The molecule has 1 heterocycles. The van der Waals surface area contributed by atoms with E-state index in [9.17, 15) is 9.59 Å². The first-order valence-corrected chi connectivity index (χ1v) is 8.44. The van der Waals surface area contributed by atoms with E-state index in [-0.39, 0.29) is 24.3 Å². The van der Waals surface area contributed by atoms with Gasteiger partial charge in [-0.1, -0.05) is 36.8 Å². The summed E-state index contributed by atoms with van der Waals surface area (Å²) in [6.45, 7) is 1.91. The monoisotopic (exact) mass is 332 g/mol. The van der Waals surface area contributed by atoms with Crippen molar-refractivity contribution >= 4 is 19.3 Å². The Hall–Kier alpha value is -1.70. The molecule has 130 valence electrons. The van der Waals surface area contributed by atoms with Crippen LogP contribution in [0.15, 0.2) is 30.3 Å². The van der Waals surface area contributed by atoms with Crippen molar-refractivity contribution in [3.8, 4) is 0 Å². The van der Waals surface area contributed by atoms with Gasteiger partial charge in [-0.05, 0) is 24.2 Å². The number of nitrogens with one attached hydrogen (secondary N) is 1. The minimum Gasteiger partial charge on any atom is -0.427 e. The summed E-state index contributed by atoms with van der Waals surface area (Å²) in [6, 6.07) is 9.88. The van der Waals surface area contributed by atoms with Crippen LogP contribution in [0.3, 0.4) is 0 Å². The highest BCUT2D eigenvalue weighted by atomic mass is 16.4. The molecule has 0 saturated carbocycles. The quantitative estimate of drug-likeness (QED) is 0.447. The molecule has 0 aliphatic carbocycles. The minimum absolute atomic E-state index is 0.00229. The fourth-order valence-corrected chi connectivity index (χ4v) is 3.14. The SMILES string of the molecule is O=CC1CN(C(=O)CNCc2ccccc2)CC1CCCB(O)O. The molecule has 1 fully saturated rings. The second-order valence-electron chi connectivity index (χ2n) is 6.36. The first kappa shape index (κ1) is 18.6. The summed E-state index contributed by atoms with van der Waals surface area (Å²) in [4.78, 5) is 25.3. The van der Waals surface area contributed by atoms with Crippen molar-refractivity contribution in [2.75, 3.05) is 19.6 Å². The molecule has 0 spiro atoms. The molecule has 1 aliphatic heterocycles. The second-order valence-corrected chi connectivity index (χ2v) is 6.36. The van der Waals surface area contributed by atoms with E-state index in [4.69, 9.17) is 10.0 Å². The lowest BCUT2D eigenvalue weighted by molar-refractivity contribution is -0.129.